The minimum atomic E-state index is 0.103. The first-order valence-electron chi connectivity index (χ1n) is 6.30. The largest absolute Gasteiger partial charge is 0.496 e. The smallest absolute Gasteiger partial charge is 0.134 e. The van der Waals surface area contributed by atoms with Crippen LogP contribution in [0.15, 0.2) is 11.4 Å². The summed E-state index contributed by atoms with van der Waals surface area (Å²) in [6.45, 7) is 0.940. The number of hydrogen-bond acceptors (Lipinski definition) is 4. The summed E-state index contributed by atoms with van der Waals surface area (Å²) in [5.74, 6) is 0.930. The van der Waals surface area contributed by atoms with Gasteiger partial charge in [-0.15, -0.1) is 11.3 Å². The normalized spacial score (nSPS) is 21.6. The van der Waals surface area contributed by atoms with Crippen molar-refractivity contribution >= 4 is 11.3 Å². The molecule has 1 aliphatic rings. The molecule has 0 spiro atoms. The third-order valence-electron chi connectivity index (χ3n) is 3.28. The molecule has 0 amide bonds. The van der Waals surface area contributed by atoms with Gasteiger partial charge in [0, 0.05) is 12.6 Å². The molecule has 96 valence electrons. The van der Waals surface area contributed by atoms with E-state index in [1.165, 1.54) is 17.7 Å². The molecule has 1 aliphatic heterocycles. The van der Waals surface area contributed by atoms with E-state index in [0.717, 1.165) is 31.6 Å². The van der Waals surface area contributed by atoms with Crippen LogP contribution in [0.5, 0.6) is 5.75 Å². The first kappa shape index (κ1) is 12.9. The van der Waals surface area contributed by atoms with Gasteiger partial charge in [0.15, 0.2) is 0 Å². The van der Waals surface area contributed by atoms with Crippen molar-refractivity contribution in [2.45, 2.75) is 44.2 Å². The maximum Gasteiger partial charge on any atom is 0.134 e. The summed E-state index contributed by atoms with van der Waals surface area (Å²) < 4.78 is 10.9. The van der Waals surface area contributed by atoms with Gasteiger partial charge in [-0.3, -0.25) is 0 Å². The maximum absolute atomic E-state index is 6.19. The summed E-state index contributed by atoms with van der Waals surface area (Å²) in [5, 5.41) is 2.04. The highest BCUT2D eigenvalue weighted by atomic mass is 32.1. The molecule has 0 saturated carbocycles. The lowest BCUT2D eigenvalue weighted by Crippen LogP contribution is -2.11. The predicted octanol–water partition coefficient (Wildman–Crippen LogP) is 3.11. The summed E-state index contributed by atoms with van der Waals surface area (Å²) in [7, 11) is 1.70. The van der Waals surface area contributed by atoms with Crippen molar-refractivity contribution in [1.82, 2.24) is 0 Å². The molecule has 4 heteroatoms. The van der Waals surface area contributed by atoms with Crippen LogP contribution in [0.25, 0.3) is 0 Å². The van der Waals surface area contributed by atoms with E-state index < -0.39 is 0 Å². The van der Waals surface area contributed by atoms with Gasteiger partial charge in [-0.05, 0) is 43.6 Å². The molecule has 17 heavy (non-hydrogen) atoms. The minimum Gasteiger partial charge on any atom is -0.496 e. The first-order chi connectivity index (χ1) is 8.31. The number of methoxy groups -OCH3 is 1. The Morgan fingerprint density at radius 3 is 3.24 bits per heavy atom. The number of ether oxygens (including phenoxy) is 2. The van der Waals surface area contributed by atoms with Crippen LogP contribution in [0.2, 0.25) is 0 Å². The van der Waals surface area contributed by atoms with E-state index in [4.69, 9.17) is 15.2 Å². The van der Waals surface area contributed by atoms with Gasteiger partial charge < -0.3 is 15.2 Å². The van der Waals surface area contributed by atoms with Gasteiger partial charge in [0.05, 0.1) is 18.1 Å². The number of hydrogen-bond donors (Lipinski definition) is 1. The lowest BCUT2D eigenvalue weighted by molar-refractivity contribution is 0.101. The summed E-state index contributed by atoms with van der Waals surface area (Å²) in [4.78, 5) is 1.17. The molecule has 2 N–H and O–H groups in total. The van der Waals surface area contributed by atoms with Gasteiger partial charge in [0.1, 0.15) is 5.75 Å². The van der Waals surface area contributed by atoms with Crippen LogP contribution >= 0.6 is 11.3 Å². The van der Waals surface area contributed by atoms with E-state index in [1.807, 2.05) is 11.4 Å². The van der Waals surface area contributed by atoms with Gasteiger partial charge in [-0.2, -0.15) is 0 Å². The zero-order valence-corrected chi connectivity index (χ0v) is 11.2. The Morgan fingerprint density at radius 1 is 1.65 bits per heavy atom. The van der Waals surface area contributed by atoms with Crippen molar-refractivity contribution in [1.29, 1.82) is 0 Å². The van der Waals surface area contributed by atoms with E-state index in [-0.39, 0.29) is 6.04 Å². The molecule has 0 bridgehead atoms. The second-order valence-corrected chi connectivity index (χ2v) is 5.47. The molecule has 0 aromatic carbocycles. The molecule has 1 aromatic rings. The standard InChI is InChI=1S/C13H21NO2S/c1-15-12-7-9-17-13(12)11(14)6-2-4-10-5-3-8-16-10/h7,9-11H,2-6,8,14H2,1H3. The molecule has 3 nitrogen and oxygen atoms in total. The van der Waals surface area contributed by atoms with E-state index >= 15 is 0 Å². The molecule has 2 heterocycles. The molecule has 0 aliphatic carbocycles. The molecule has 0 radical (unpaired) electrons. The molecular weight excluding hydrogens is 234 g/mol. The van der Waals surface area contributed by atoms with Gasteiger partial charge in [-0.1, -0.05) is 0 Å². The van der Waals surface area contributed by atoms with E-state index in [2.05, 4.69) is 0 Å². The van der Waals surface area contributed by atoms with Crippen molar-refractivity contribution in [3.05, 3.63) is 16.3 Å². The Labute approximate surface area is 107 Å². The lowest BCUT2D eigenvalue weighted by Gasteiger charge is -2.13. The fraction of sp³-hybridized carbons (Fsp3) is 0.692. The van der Waals surface area contributed by atoms with Crippen LogP contribution in [0.3, 0.4) is 0 Å². The summed E-state index contributed by atoms with van der Waals surface area (Å²) in [5.41, 5.74) is 6.19. The van der Waals surface area contributed by atoms with Crippen LogP contribution in [-0.2, 0) is 4.74 Å². The number of nitrogens with two attached hydrogens (primary N) is 1. The second kappa shape index (κ2) is 6.38. The Morgan fingerprint density at radius 2 is 2.53 bits per heavy atom. The van der Waals surface area contributed by atoms with Crippen LogP contribution in [0.1, 0.15) is 43.0 Å². The molecule has 1 fully saturated rings. The number of rotatable bonds is 6. The van der Waals surface area contributed by atoms with Crippen molar-refractivity contribution in [2.24, 2.45) is 5.73 Å². The Hall–Kier alpha value is -0.580. The van der Waals surface area contributed by atoms with Crippen LogP contribution in [0, 0.1) is 0 Å². The fourth-order valence-corrected chi connectivity index (χ4v) is 3.22. The van der Waals surface area contributed by atoms with Crippen molar-refractivity contribution < 1.29 is 9.47 Å². The van der Waals surface area contributed by atoms with Crippen LogP contribution < -0.4 is 10.5 Å². The highest BCUT2D eigenvalue weighted by molar-refractivity contribution is 7.10. The third-order valence-corrected chi connectivity index (χ3v) is 4.31. The highest BCUT2D eigenvalue weighted by Gasteiger charge is 2.17. The Balaban J connectivity index is 1.74. The Bertz CT molecular complexity index is 334. The van der Waals surface area contributed by atoms with Gasteiger partial charge in [0.25, 0.3) is 0 Å². The first-order valence-corrected chi connectivity index (χ1v) is 7.17. The van der Waals surface area contributed by atoms with Gasteiger partial charge in [-0.25, -0.2) is 0 Å². The van der Waals surface area contributed by atoms with Gasteiger partial charge >= 0.3 is 0 Å². The molecule has 2 unspecified atom stereocenters. The van der Waals surface area contributed by atoms with Crippen molar-refractivity contribution in [3.8, 4) is 5.75 Å². The fourth-order valence-electron chi connectivity index (χ4n) is 2.32. The summed E-state index contributed by atoms with van der Waals surface area (Å²) >= 11 is 1.68. The molecule has 1 saturated heterocycles. The topological polar surface area (TPSA) is 44.5 Å². The summed E-state index contributed by atoms with van der Waals surface area (Å²) in [6.07, 6.45) is 6.20. The van der Waals surface area contributed by atoms with Crippen LogP contribution in [0.4, 0.5) is 0 Å². The molecule has 2 atom stereocenters. The summed E-state index contributed by atoms with van der Waals surface area (Å²) in [6, 6.07) is 2.09. The zero-order chi connectivity index (χ0) is 12.1. The quantitative estimate of drug-likeness (QED) is 0.849. The average molecular weight is 255 g/mol. The monoisotopic (exact) mass is 255 g/mol. The molecular formula is C13H21NO2S. The predicted molar refractivity (Wildman–Crippen MR) is 70.6 cm³/mol. The lowest BCUT2D eigenvalue weighted by atomic mass is 10.0. The SMILES string of the molecule is COc1ccsc1C(N)CCCC1CCCO1. The van der Waals surface area contributed by atoms with E-state index in [1.54, 1.807) is 18.4 Å². The third kappa shape index (κ3) is 3.44. The second-order valence-electron chi connectivity index (χ2n) is 4.53. The molecule has 1 aromatic heterocycles. The average Bonchev–Trinajstić information content (AvgIpc) is 2.99. The number of thiophene rings is 1. The maximum atomic E-state index is 6.19. The van der Waals surface area contributed by atoms with Crippen molar-refractivity contribution in [3.63, 3.8) is 0 Å². The van der Waals surface area contributed by atoms with Crippen molar-refractivity contribution in [2.75, 3.05) is 13.7 Å². The zero-order valence-electron chi connectivity index (χ0n) is 10.4. The van der Waals surface area contributed by atoms with Crippen LogP contribution in [-0.4, -0.2) is 19.8 Å². The molecule has 2 rings (SSSR count). The van der Waals surface area contributed by atoms with E-state index in [9.17, 15) is 0 Å². The Kier molecular flexibility index (Phi) is 4.83. The van der Waals surface area contributed by atoms with E-state index in [0.29, 0.717) is 6.10 Å². The van der Waals surface area contributed by atoms with Gasteiger partial charge in [0.2, 0.25) is 0 Å². The highest BCUT2D eigenvalue weighted by Crippen LogP contribution is 2.32. The minimum absolute atomic E-state index is 0.103.